The van der Waals surface area contributed by atoms with Crippen LogP contribution in [0.3, 0.4) is 0 Å². The Morgan fingerprint density at radius 2 is 1.54 bits per heavy atom. The second kappa shape index (κ2) is 11.7. The number of aromatic nitrogens is 1. The second-order valence-electron chi connectivity index (χ2n) is 9.60. The molecule has 0 aliphatic rings. The van der Waals surface area contributed by atoms with E-state index in [9.17, 15) is 13.2 Å². The first-order valence-electron chi connectivity index (χ1n) is 12.9. The van der Waals surface area contributed by atoms with Crippen molar-refractivity contribution in [3.63, 3.8) is 0 Å². The number of aryl methyl sites for hydroxylation is 4. The summed E-state index contributed by atoms with van der Waals surface area (Å²) in [6.07, 6.45) is 2.20. The van der Waals surface area contributed by atoms with Crippen molar-refractivity contribution in [2.45, 2.75) is 45.9 Å². The smallest absolute Gasteiger partial charge is 0.264 e. The van der Waals surface area contributed by atoms with E-state index in [0.717, 1.165) is 38.1 Å². The van der Waals surface area contributed by atoms with E-state index in [1.807, 2.05) is 52.8 Å². The van der Waals surface area contributed by atoms with Crippen molar-refractivity contribution >= 4 is 27.8 Å². The molecule has 1 amide bonds. The highest BCUT2D eigenvalue weighted by Crippen LogP contribution is 2.27. The Kier molecular flexibility index (Phi) is 8.35. The molecule has 202 valence electrons. The molecule has 1 heterocycles. The van der Waals surface area contributed by atoms with Gasteiger partial charge in [0.1, 0.15) is 6.54 Å². The number of hydrogen-bond donors (Lipinski definition) is 1. The average molecular weight is 543 g/mol. The third-order valence-electron chi connectivity index (χ3n) is 6.69. The first kappa shape index (κ1) is 27.9. The molecule has 0 aliphatic carbocycles. The highest BCUT2D eigenvalue weighted by atomic mass is 32.2. The molecule has 0 fully saturated rings. The summed E-state index contributed by atoms with van der Waals surface area (Å²) in [7, 11) is -4.00. The van der Waals surface area contributed by atoms with Crippen LogP contribution in [0.4, 0.5) is 5.69 Å². The van der Waals surface area contributed by atoms with Crippen LogP contribution in [-0.2, 0) is 21.2 Å². The van der Waals surface area contributed by atoms with Gasteiger partial charge in [0, 0.05) is 22.6 Å². The maximum atomic E-state index is 13.7. The van der Waals surface area contributed by atoms with Crippen molar-refractivity contribution in [3.05, 3.63) is 113 Å². The van der Waals surface area contributed by atoms with Gasteiger partial charge < -0.3 is 4.57 Å². The number of benzene rings is 3. The van der Waals surface area contributed by atoms with E-state index < -0.39 is 22.5 Å². The zero-order chi connectivity index (χ0) is 28.2. The quantitative estimate of drug-likeness (QED) is 0.220. The number of carbonyl (C=O) groups is 1. The van der Waals surface area contributed by atoms with Crippen LogP contribution >= 0.6 is 0 Å². The minimum atomic E-state index is -4.00. The van der Waals surface area contributed by atoms with Crippen molar-refractivity contribution in [1.82, 2.24) is 9.99 Å². The van der Waals surface area contributed by atoms with Gasteiger partial charge in [-0.2, -0.15) is 5.10 Å². The van der Waals surface area contributed by atoms with Gasteiger partial charge in [-0.1, -0.05) is 60.5 Å². The summed E-state index contributed by atoms with van der Waals surface area (Å²) in [4.78, 5) is 13.1. The highest BCUT2D eigenvalue weighted by Gasteiger charge is 2.28. The van der Waals surface area contributed by atoms with Crippen molar-refractivity contribution in [1.29, 1.82) is 0 Å². The van der Waals surface area contributed by atoms with Crippen molar-refractivity contribution in [2.24, 2.45) is 5.10 Å². The molecule has 4 aromatic rings. The Labute approximate surface area is 230 Å². The molecule has 3 aromatic carbocycles. The summed E-state index contributed by atoms with van der Waals surface area (Å²) in [5, 5.41) is 4.16. The van der Waals surface area contributed by atoms with Gasteiger partial charge in [-0.15, -0.1) is 0 Å². The zero-order valence-electron chi connectivity index (χ0n) is 23.0. The lowest BCUT2D eigenvalue weighted by Crippen LogP contribution is -2.40. The summed E-state index contributed by atoms with van der Waals surface area (Å²) in [5.41, 5.74) is 9.87. The number of amides is 1. The molecular formula is C31H34N4O3S. The van der Waals surface area contributed by atoms with Crippen LogP contribution < -0.4 is 9.73 Å². The van der Waals surface area contributed by atoms with Crippen molar-refractivity contribution in [3.8, 4) is 5.69 Å². The normalized spacial score (nSPS) is 11.6. The maximum Gasteiger partial charge on any atom is 0.264 e. The predicted octanol–water partition coefficient (Wildman–Crippen LogP) is 5.62. The molecule has 0 bridgehead atoms. The summed E-state index contributed by atoms with van der Waals surface area (Å²) in [6, 6.07) is 24.1. The second-order valence-corrected chi connectivity index (χ2v) is 11.5. The monoisotopic (exact) mass is 542 g/mol. The SMILES string of the molecule is CCc1ccccc1N(CC(=O)N/N=C/c1cc(C)n(-c2ccc(C)cc2)c1C)S(=O)(=O)c1ccc(C)cc1. The van der Waals surface area contributed by atoms with E-state index in [-0.39, 0.29) is 4.90 Å². The third-order valence-corrected chi connectivity index (χ3v) is 8.47. The molecular weight excluding hydrogens is 508 g/mol. The van der Waals surface area contributed by atoms with Crippen molar-refractivity contribution in [2.75, 3.05) is 10.8 Å². The molecule has 1 aromatic heterocycles. The third kappa shape index (κ3) is 6.12. The van der Waals surface area contributed by atoms with Gasteiger partial charge in [0.15, 0.2) is 0 Å². The molecule has 39 heavy (non-hydrogen) atoms. The molecule has 0 saturated heterocycles. The van der Waals surface area contributed by atoms with Crippen LogP contribution in [0.5, 0.6) is 0 Å². The standard InChI is InChI=1S/C31H34N4O3S/c1-6-26-9-7-8-10-30(26)34(39(37,38)29-17-13-23(3)14-18-29)21-31(36)33-32-20-27-19-24(4)35(25(27)5)28-15-11-22(2)12-16-28/h7-20H,6,21H2,1-5H3,(H,33,36)/b32-20+. The van der Waals surface area contributed by atoms with Gasteiger partial charge in [0.25, 0.3) is 15.9 Å². The molecule has 7 nitrogen and oxygen atoms in total. The van der Waals surface area contributed by atoms with E-state index in [0.29, 0.717) is 12.1 Å². The van der Waals surface area contributed by atoms with E-state index >= 15 is 0 Å². The Morgan fingerprint density at radius 1 is 0.923 bits per heavy atom. The fourth-order valence-electron chi connectivity index (χ4n) is 4.54. The number of nitrogens with one attached hydrogen (secondary N) is 1. The number of hydrogen-bond acceptors (Lipinski definition) is 4. The Hall–Kier alpha value is -4.17. The molecule has 1 N–H and O–H groups in total. The lowest BCUT2D eigenvalue weighted by Gasteiger charge is -2.25. The van der Waals surface area contributed by atoms with Gasteiger partial charge >= 0.3 is 0 Å². The summed E-state index contributed by atoms with van der Waals surface area (Å²) >= 11 is 0. The Balaban J connectivity index is 1.57. The number of para-hydroxylation sites is 1. The molecule has 0 atom stereocenters. The first-order valence-corrected chi connectivity index (χ1v) is 14.3. The van der Waals surface area contributed by atoms with Crippen LogP contribution in [0.1, 0.15) is 40.6 Å². The van der Waals surface area contributed by atoms with Gasteiger partial charge in [-0.25, -0.2) is 13.8 Å². The lowest BCUT2D eigenvalue weighted by atomic mass is 10.1. The van der Waals surface area contributed by atoms with Crippen LogP contribution in [0.2, 0.25) is 0 Å². The van der Waals surface area contributed by atoms with E-state index in [1.54, 1.807) is 42.6 Å². The topological polar surface area (TPSA) is 83.8 Å². The van der Waals surface area contributed by atoms with Gasteiger partial charge in [0.2, 0.25) is 0 Å². The average Bonchev–Trinajstić information content (AvgIpc) is 3.20. The van der Waals surface area contributed by atoms with Gasteiger partial charge in [0.05, 0.1) is 16.8 Å². The largest absolute Gasteiger partial charge is 0.318 e. The summed E-state index contributed by atoms with van der Waals surface area (Å²) in [6.45, 7) is 9.49. The fourth-order valence-corrected chi connectivity index (χ4v) is 6.00. The fraction of sp³-hybridized carbons (Fsp3) is 0.226. The molecule has 8 heteroatoms. The minimum absolute atomic E-state index is 0.124. The minimum Gasteiger partial charge on any atom is -0.318 e. The summed E-state index contributed by atoms with van der Waals surface area (Å²) < 4.78 is 30.7. The first-order chi connectivity index (χ1) is 18.6. The molecule has 0 unspecified atom stereocenters. The van der Waals surface area contributed by atoms with Crippen LogP contribution in [-0.4, -0.2) is 31.7 Å². The maximum absolute atomic E-state index is 13.7. The highest BCUT2D eigenvalue weighted by molar-refractivity contribution is 7.92. The number of rotatable bonds is 9. The molecule has 0 radical (unpaired) electrons. The van der Waals surface area contributed by atoms with E-state index in [2.05, 4.69) is 39.4 Å². The van der Waals surface area contributed by atoms with Crippen LogP contribution in [0, 0.1) is 27.7 Å². The number of sulfonamides is 1. The Morgan fingerprint density at radius 3 is 2.18 bits per heavy atom. The van der Waals surface area contributed by atoms with Crippen LogP contribution in [0.15, 0.2) is 88.9 Å². The summed E-state index contributed by atoms with van der Waals surface area (Å²) in [5.74, 6) is -0.541. The molecule has 0 aliphatic heterocycles. The number of hydrazone groups is 1. The van der Waals surface area contributed by atoms with Gasteiger partial charge in [-0.3, -0.25) is 9.10 Å². The lowest BCUT2D eigenvalue weighted by molar-refractivity contribution is -0.119. The van der Waals surface area contributed by atoms with E-state index in [4.69, 9.17) is 0 Å². The Bertz CT molecular complexity index is 1600. The van der Waals surface area contributed by atoms with Gasteiger partial charge in [-0.05, 0) is 76.1 Å². The molecule has 0 saturated carbocycles. The molecule has 4 rings (SSSR count). The number of nitrogens with zero attached hydrogens (tertiary/aromatic N) is 3. The number of anilines is 1. The van der Waals surface area contributed by atoms with E-state index in [1.165, 1.54) is 5.56 Å². The predicted molar refractivity (Wildman–Crippen MR) is 157 cm³/mol. The van der Waals surface area contributed by atoms with Crippen molar-refractivity contribution < 1.29 is 13.2 Å². The molecule has 0 spiro atoms. The number of carbonyl (C=O) groups excluding carboxylic acids is 1. The van der Waals surface area contributed by atoms with Crippen LogP contribution in [0.25, 0.3) is 5.69 Å². The zero-order valence-corrected chi connectivity index (χ0v) is 23.8.